The van der Waals surface area contributed by atoms with E-state index in [1.165, 1.54) is 22.9 Å². The molecule has 1 aromatic carbocycles. The van der Waals surface area contributed by atoms with Gasteiger partial charge in [-0.2, -0.15) is 0 Å². The number of aromatic nitrogens is 4. The van der Waals surface area contributed by atoms with Crippen LogP contribution in [0.4, 0.5) is 0 Å². The minimum absolute atomic E-state index is 0.0400. The molecule has 3 aromatic rings. The molecule has 0 bridgehead atoms. The Balaban J connectivity index is 1.66. The van der Waals surface area contributed by atoms with Gasteiger partial charge in [-0.25, -0.2) is 9.48 Å². The first-order valence-electron chi connectivity index (χ1n) is 7.04. The quantitative estimate of drug-likeness (QED) is 0.676. The van der Waals surface area contributed by atoms with E-state index in [-0.39, 0.29) is 17.7 Å². The van der Waals surface area contributed by atoms with Crippen LogP contribution in [0.15, 0.2) is 53.6 Å². The molecule has 122 valence electrons. The summed E-state index contributed by atoms with van der Waals surface area (Å²) in [5.41, 5.74) is 1.19. The molecule has 24 heavy (non-hydrogen) atoms. The second kappa shape index (κ2) is 6.67. The van der Waals surface area contributed by atoms with E-state index in [1.54, 1.807) is 42.2 Å². The Labute approximate surface area is 142 Å². The molecule has 0 unspecified atom stereocenters. The van der Waals surface area contributed by atoms with Gasteiger partial charge < -0.3 is 9.30 Å². The molecule has 0 spiro atoms. The number of rotatable bonds is 4. The predicted octanol–water partition coefficient (Wildman–Crippen LogP) is 1.98. The highest BCUT2D eigenvalue weighted by Crippen LogP contribution is 2.13. The van der Waals surface area contributed by atoms with Gasteiger partial charge >= 0.3 is 5.97 Å². The van der Waals surface area contributed by atoms with Crippen LogP contribution < -0.4 is 5.56 Å². The smallest absolute Gasteiger partial charge is 0.338 e. The standard InChI is InChI=1S/C16H13ClN4O3/c1-20-7-6-11(8-15(20)22)16(23)24-10-13-9-21(19-18-13)14-4-2-12(17)3-5-14/h2-9H,10H2,1H3. The van der Waals surface area contributed by atoms with E-state index >= 15 is 0 Å². The number of carbonyl (C=O) groups excluding carboxylic acids is 1. The van der Waals surface area contributed by atoms with Crippen LogP contribution in [0, 0.1) is 0 Å². The molecule has 0 saturated carbocycles. The van der Waals surface area contributed by atoms with Crippen molar-refractivity contribution in [2.24, 2.45) is 7.05 Å². The second-order valence-electron chi connectivity index (χ2n) is 5.07. The van der Waals surface area contributed by atoms with E-state index in [0.717, 1.165) is 5.69 Å². The summed E-state index contributed by atoms with van der Waals surface area (Å²) in [7, 11) is 1.60. The average Bonchev–Trinajstić information content (AvgIpc) is 3.05. The van der Waals surface area contributed by atoms with Gasteiger partial charge in [0.15, 0.2) is 0 Å². The van der Waals surface area contributed by atoms with Gasteiger partial charge in [-0.1, -0.05) is 16.8 Å². The van der Waals surface area contributed by atoms with Crippen LogP contribution >= 0.6 is 11.6 Å². The van der Waals surface area contributed by atoms with Gasteiger partial charge in [-0.3, -0.25) is 4.79 Å². The fourth-order valence-electron chi connectivity index (χ4n) is 1.98. The molecule has 0 aliphatic carbocycles. The number of ether oxygens (including phenoxy) is 1. The zero-order valence-corrected chi connectivity index (χ0v) is 13.5. The monoisotopic (exact) mass is 344 g/mol. The molecule has 2 heterocycles. The maximum atomic E-state index is 12.0. The predicted molar refractivity (Wildman–Crippen MR) is 87.2 cm³/mol. The zero-order chi connectivity index (χ0) is 17.1. The lowest BCUT2D eigenvalue weighted by Gasteiger charge is -2.03. The van der Waals surface area contributed by atoms with E-state index in [9.17, 15) is 9.59 Å². The van der Waals surface area contributed by atoms with Gasteiger partial charge in [-0.05, 0) is 30.3 Å². The highest BCUT2D eigenvalue weighted by molar-refractivity contribution is 6.30. The van der Waals surface area contributed by atoms with E-state index < -0.39 is 5.97 Å². The topological polar surface area (TPSA) is 79.0 Å². The first kappa shape index (κ1) is 15.9. The summed E-state index contributed by atoms with van der Waals surface area (Å²) >= 11 is 5.84. The minimum atomic E-state index is -0.589. The van der Waals surface area contributed by atoms with Gasteiger partial charge in [0.2, 0.25) is 0 Å². The summed E-state index contributed by atoms with van der Waals surface area (Å²) in [4.78, 5) is 23.5. The van der Waals surface area contributed by atoms with Crippen molar-refractivity contribution < 1.29 is 9.53 Å². The van der Waals surface area contributed by atoms with E-state index in [2.05, 4.69) is 10.3 Å². The van der Waals surface area contributed by atoms with Gasteiger partial charge in [0.25, 0.3) is 5.56 Å². The molecule has 2 aromatic heterocycles. The number of nitrogens with zero attached hydrogens (tertiary/aromatic N) is 4. The van der Waals surface area contributed by atoms with Crippen LogP contribution in [0.3, 0.4) is 0 Å². The SMILES string of the molecule is Cn1ccc(C(=O)OCc2cn(-c3ccc(Cl)cc3)nn2)cc1=O. The maximum absolute atomic E-state index is 12.0. The molecule has 0 atom stereocenters. The van der Waals surface area contributed by atoms with Crippen molar-refractivity contribution in [3.63, 3.8) is 0 Å². The Bertz CT molecular complexity index is 931. The van der Waals surface area contributed by atoms with E-state index in [1.807, 2.05) is 0 Å². The molecule has 7 nitrogen and oxygen atoms in total. The first-order valence-corrected chi connectivity index (χ1v) is 7.42. The molecule has 0 N–H and O–H groups in total. The summed E-state index contributed by atoms with van der Waals surface area (Å²) in [5.74, 6) is -0.589. The maximum Gasteiger partial charge on any atom is 0.338 e. The second-order valence-corrected chi connectivity index (χ2v) is 5.51. The Morgan fingerprint density at radius 3 is 2.71 bits per heavy atom. The van der Waals surface area contributed by atoms with Crippen LogP contribution in [0.2, 0.25) is 5.02 Å². The lowest BCUT2D eigenvalue weighted by atomic mass is 10.3. The number of esters is 1. The number of hydrogen-bond acceptors (Lipinski definition) is 5. The molecule has 0 fully saturated rings. The lowest BCUT2D eigenvalue weighted by Crippen LogP contribution is -2.17. The largest absolute Gasteiger partial charge is 0.455 e. The van der Waals surface area contributed by atoms with E-state index in [0.29, 0.717) is 10.7 Å². The normalized spacial score (nSPS) is 10.6. The Morgan fingerprint density at radius 1 is 1.25 bits per heavy atom. The summed E-state index contributed by atoms with van der Waals surface area (Å²) < 4.78 is 8.08. The molecule has 3 rings (SSSR count). The Kier molecular flexibility index (Phi) is 4.43. The number of aryl methyl sites for hydroxylation is 1. The average molecular weight is 345 g/mol. The summed E-state index contributed by atoms with van der Waals surface area (Å²) in [6.07, 6.45) is 3.16. The molecular formula is C16H13ClN4O3. The third-order valence-electron chi connectivity index (χ3n) is 3.32. The number of benzene rings is 1. The Hall–Kier alpha value is -2.93. The van der Waals surface area contributed by atoms with Crippen LogP contribution in [-0.2, 0) is 18.4 Å². The molecule has 0 saturated heterocycles. The number of hydrogen-bond donors (Lipinski definition) is 0. The molecule has 0 aliphatic heterocycles. The molecule has 0 aliphatic rings. The number of pyridine rings is 1. The van der Waals surface area contributed by atoms with Gasteiger partial charge in [0.1, 0.15) is 12.3 Å². The van der Waals surface area contributed by atoms with Crippen LogP contribution in [0.25, 0.3) is 5.69 Å². The van der Waals surface area contributed by atoms with Crippen molar-refractivity contribution in [1.82, 2.24) is 19.6 Å². The first-order chi connectivity index (χ1) is 11.5. The van der Waals surface area contributed by atoms with Crippen LogP contribution in [-0.4, -0.2) is 25.5 Å². The van der Waals surface area contributed by atoms with Gasteiger partial charge in [-0.15, -0.1) is 5.10 Å². The van der Waals surface area contributed by atoms with Crippen LogP contribution in [0.5, 0.6) is 0 Å². The van der Waals surface area contributed by atoms with Crippen molar-refractivity contribution in [3.05, 3.63) is 75.4 Å². The summed E-state index contributed by atoms with van der Waals surface area (Å²) in [6.45, 7) is -0.0400. The summed E-state index contributed by atoms with van der Waals surface area (Å²) in [5, 5.41) is 8.55. The fraction of sp³-hybridized carbons (Fsp3) is 0.125. The van der Waals surface area contributed by atoms with Crippen molar-refractivity contribution in [1.29, 1.82) is 0 Å². The molecular weight excluding hydrogens is 332 g/mol. The minimum Gasteiger partial charge on any atom is -0.455 e. The highest BCUT2D eigenvalue weighted by atomic mass is 35.5. The molecule has 8 heteroatoms. The van der Waals surface area contributed by atoms with Gasteiger partial charge in [0, 0.05) is 24.3 Å². The molecule has 0 amide bonds. The number of carbonyl (C=O) groups is 1. The Morgan fingerprint density at radius 2 is 2.00 bits per heavy atom. The van der Waals surface area contributed by atoms with Crippen molar-refractivity contribution in [2.75, 3.05) is 0 Å². The van der Waals surface area contributed by atoms with E-state index in [4.69, 9.17) is 16.3 Å². The van der Waals surface area contributed by atoms with Crippen molar-refractivity contribution in [3.8, 4) is 5.69 Å². The van der Waals surface area contributed by atoms with Gasteiger partial charge in [0.05, 0.1) is 17.4 Å². The summed E-state index contributed by atoms with van der Waals surface area (Å²) in [6, 6.07) is 9.84. The zero-order valence-electron chi connectivity index (χ0n) is 12.7. The number of halogens is 1. The third-order valence-corrected chi connectivity index (χ3v) is 3.58. The third kappa shape index (κ3) is 3.52. The molecule has 0 radical (unpaired) electrons. The lowest BCUT2D eigenvalue weighted by molar-refractivity contribution is 0.0467. The van der Waals surface area contributed by atoms with Crippen LogP contribution in [0.1, 0.15) is 16.1 Å². The fourth-order valence-corrected chi connectivity index (χ4v) is 2.11. The van der Waals surface area contributed by atoms with Crippen molar-refractivity contribution >= 4 is 17.6 Å². The van der Waals surface area contributed by atoms with Crippen molar-refractivity contribution in [2.45, 2.75) is 6.61 Å². The highest BCUT2D eigenvalue weighted by Gasteiger charge is 2.10.